The maximum atomic E-state index is 10.2. The van der Waals surface area contributed by atoms with E-state index in [1.54, 1.807) is 0 Å². The Morgan fingerprint density at radius 2 is 0.478 bits per heavy atom. The molecular formula is C38H73KO6Zn. The van der Waals surface area contributed by atoms with Crippen LogP contribution in [0, 0.1) is 0 Å². The van der Waals surface area contributed by atoms with Crippen molar-refractivity contribution >= 4 is 17.9 Å². The number of carboxylic acids is 3. The number of aliphatic carboxylic acids is 3. The molecule has 0 aliphatic carbocycles. The standard InChI is InChI=1S/2C18H36O2.C2H4O2.K.Zn/c2*1-2-3-4-5-6-7-8-9-10-11-12-13-14-15-16-17-18(19)20;1-2(3)4;;/h2*2-17H2,1H3,(H,19,20);1H3,(H,3,4);;/q;;;+1;+2/p-3. The monoisotopic (exact) mass is 728 g/mol. The third kappa shape index (κ3) is 70.9. The van der Waals surface area contributed by atoms with E-state index in [9.17, 15) is 19.8 Å². The van der Waals surface area contributed by atoms with Crippen LogP contribution < -0.4 is 66.7 Å². The summed E-state index contributed by atoms with van der Waals surface area (Å²) in [6.07, 6.45) is 39.7. The van der Waals surface area contributed by atoms with Crippen molar-refractivity contribution in [1.29, 1.82) is 0 Å². The molecule has 0 aliphatic rings. The van der Waals surface area contributed by atoms with Crippen LogP contribution in [0.2, 0.25) is 0 Å². The molecular weight excluding hydrogens is 657 g/mol. The van der Waals surface area contributed by atoms with Crippen molar-refractivity contribution in [2.45, 2.75) is 226 Å². The van der Waals surface area contributed by atoms with E-state index < -0.39 is 17.9 Å². The molecule has 0 spiro atoms. The molecule has 0 aromatic rings. The largest absolute Gasteiger partial charge is 2.00 e. The average Bonchev–Trinajstić information content (AvgIpc) is 2.97. The van der Waals surface area contributed by atoms with Crippen LogP contribution in [0.25, 0.3) is 0 Å². The van der Waals surface area contributed by atoms with Crippen LogP contribution in [0.1, 0.15) is 226 Å². The molecule has 0 N–H and O–H groups in total. The molecule has 0 atom stereocenters. The van der Waals surface area contributed by atoms with Gasteiger partial charge in [0.05, 0.1) is 0 Å². The minimum absolute atomic E-state index is 0. The first-order chi connectivity index (χ1) is 21.3. The van der Waals surface area contributed by atoms with Gasteiger partial charge in [-0.15, -0.1) is 0 Å². The Labute approximate surface area is 341 Å². The molecule has 8 heteroatoms. The number of rotatable bonds is 32. The van der Waals surface area contributed by atoms with Gasteiger partial charge >= 0.3 is 70.9 Å². The van der Waals surface area contributed by atoms with Crippen LogP contribution in [-0.4, -0.2) is 17.9 Å². The van der Waals surface area contributed by atoms with Crippen molar-refractivity contribution in [2.75, 3.05) is 0 Å². The van der Waals surface area contributed by atoms with Gasteiger partial charge in [0.15, 0.2) is 0 Å². The van der Waals surface area contributed by atoms with Gasteiger partial charge in [0.25, 0.3) is 0 Å². The Balaban J connectivity index is -0.000000210. The molecule has 0 fully saturated rings. The molecule has 0 aliphatic heterocycles. The third-order valence-electron chi connectivity index (χ3n) is 7.97. The van der Waals surface area contributed by atoms with Crippen molar-refractivity contribution in [1.82, 2.24) is 0 Å². The molecule has 0 saturated heterocycles. The SMILES string of the molecule is CC(=O)[O-].CCCCCCCCCCCCCCCCCC(=O)[O-].CCCCCCCCCCCCCCCCCC(=O)[O-].[K+].[Zn+2]. The number of carbonyl (C=O) groups is 3. The van der Waals surface area contributed by atoms with Gasteiger partial charge in [-0.05, 0) is 32.6 Å². The van der Waals surface area contributed by atoms with Crippen LogP contribution in [0.4, 0.5) is 0 Å². The first kappa shape index (κ1) is 56.1. The van der Waals surface area contributed by atoms with E-state index in [1.165, 1.54) is 167 Å². The van der Waals surface area contributed by atoms with Crippen LogP contribution in [0.3, 0.4) is 0 Å². The first-order valence-electron chi connectivity index (χ1n) is 18.8. The number of carbonyl (C=O) groups excluding carboxylic acids is 3. The zero-order chi connectivity index (χ0) is 33.4. The van der Waals surface area contributed by atoms with E-state index in [-0.39, 0.29) is 83.7 Å². The summed E-state index contributed by atoms with van der Waals surface area (Å²) in [5.41, 5.74) is 0. The van der Waals surface area contributed by atoms with Crippen LogP contribution in [0.15, 0.2) is 0 Å². The second kappa shape index (κ2) is 52.5. The van der Waals surface area contributed by atoms with Gasteiger partial charge in [-0.25, -0.2) is 0 Å². The molecule has 0 rings (SSSR count). The summed E-state index contributed by atoms with van der Waals surface area (Å²) >= 11 is 0. The second-order valence-corrected chi connectivity index (χ2v) is 12.6. The topological polar surface area (TPSA) is 120 Å². The van der Waals surface area contributed by atoms with Gasteiger partial charge < -0.3 is 29.7 Å². The fourth-order valence-electron chi connectivity index (χ4n) is 5.28. The Hall–Kier alpha value is 0.670. The summed E-state index contributed by atoms with van der Waals surface area (Å²) in [4.78, 5) is 29.3. The number of hydrogen-bond acceptors (Lipinski definition) is 6. The summed E-state index contributed by atoms with van der Waals surface area (Å²) in [6, 6.07) is 0. The summed E-state index contributed by atoms with van der Waals surface area (Å²) in [5.74, 6) is -2.89. The van der Waals surface area contributed by atoms with Gasteiger partial charge in [-0.2, -0.15) is 0 Å². The van der Waals surface area contributed by atoms with Gasteiger partial charge in [-0.1, -0.05) is 194 Å². The van der Waals surface area contributed by atoms with Crippen LogP contribution in [-0.2, 0) is 33.9 Å². The van der Waals surface area contributed by atoms with Crippen molar-refractivity contribution in [3.8, 4) is 0 Å². The third-order valence-corrected chi connectivity index (χ3v) is 7.97. The second-order valence-electron chi connectivity index (χ2n) is 12.6. The molecule has 0 heterocycles. The molecule has 0 saturated carbocycles. The van der Waals surface area contributed by atoms with E-state index in [2.05, 4.69) is 13.8 Å². The van der Waals surface area contributed by atoms with E-state index >= 15 is 0 Å². The maximum Gasteiger partial charge on any atom is 2.00 e. The van der Waals surface area contributed by atoms with Gasteiger partial charge in [-0.3, -0.25) is 0 Å². The Bertz CT molecular complexity index is 544. The van der Waals surface area contributed by atoms with Gasteiger partial charge in [0, 0.05) is 17.9 Å². The van der Waals surface area contributed by atoms with E-state index in [4.69, 9.17) is 9.90 Å². The maximum absolute atomic E-state index is 10.2. The molecule has 6 nitrogen and oxygen atoms in total. The summed E-state index contributed by atoms with van der Waals surface area (Å²) < 4.78 is 0. The summed E-state index contributed by atoms with van der Waals surface area (Å²) in [7, 11) is 0. The van der Waals surface area contributed by atoms with Crippen LogP contribution >= 0.6 is 0 Å². The van der Waals surface area contributed by atoms with E-state index in [0.29, 0.717) is 0 Å². The number of unbranched alkanes of at least 4 members (excludes halogenated alkanes) is 28. The minimum Gasteiger partial charge on any atom is -0.550 e. The van der Waals surface area contributed by atoms with Gasteiger partial charge in [0.1, 0.15) is 0 Å². The Kier molecular flexibility index (Phi) is 64.0. The smallest absolute Gasteiger partial charge is 0.550 e. The molecule has 0 aromatic heterocycles. The molecule has 0 radical (unpaired) electrons. The fraction of sp³-hybridized carbons (Fsp3) is 0.921. The first-order valence-corrected chi connectivity index (χ1v) is 18.8. The number of hydrogen-bond donors (Lipinski definition) is 0. The molecule has 0 aromatic carbocycles. The van der Waals surface area contributed by atoms with Crippen molar-refractivity contribution in [3.63, 3.8) is 0 Å². The molecule has 0 amide bonds. The Morgan fingerprint density at radius 3 is 0.609 bits per heavy atom. The fourth-order valence-corrected chi connectivity index (χ4v) is 5.28. The Morgan fingerprint density at radius 1 is 0.348 bits per heavy atom. The normalized spacial score (nSPS) is 9.98. The minimum atomic E-state index is -1.08. The van der Waals surface area contributed by atoms with Crippen LogP contribution in [0.5, 0.6) is 0 Å². The number of carboxylic acid groups (broad SMARTS) is 3. The summed E-state index contributed by atoms with van der Waals surface area (Å²) in [5, 5.41) is 29.3. The van der Waals surface area contributed by atoms with Crippen molar-refractivity contribution in [2.24, 2.45) is 0 Å². The predicted molar refractivity (Wildman–Crippen MR) is 180 cm³/mol. The van der Waals surface area contributed by atoms with Crippen molar-refractivity contribution in [3.05, 3.63) is 0 Å². The zero-order valence-corrected chi connectivity index (χ0v) is 37.4. The van der Waals surface area contributed by atoms with Crippen molar-refractivity contribution < 1.29 is 101 Å². The molecule has 46 heavy (non-hydrogen) atoms. The van der Waals surface area contributed by atoms with E-state index in [1.807, 2.05) is 0 Å². The quantitative estimate of drug-likeness (QED) is 0.0643. The molecule has 264 valence electrons. The van der Waals surface area contributed by atoms with E-state index in [0.717, 1.165) is 32.6 Å². The summed E-state index contributed by atoms with van der Waals surface area (Å²) in [6.45, 7) is 5.51. The average molecular weight is 730 g/mol. The molecule has 0 unspecified atom stereocenters. The molecule has 0 bridgehead atoms. The van der Waals surface area contributed by atoms with Gasteiger partial charge in [0.2, 0.25) is 0 Å². The zero-order valence-electron chi connectivity index (χ0n) is 31.3. The predicted octanol–water partition coefficient (Wildman–Crippen LogP) is 5.75.